The first kappa shape index (κ1) is 19.9. The Labute approximate surface area is 155 Å². The van der Waals surface area contributed by atoms with Gasteiger partial charge < -0.3 is 13.7 Å². The van der Waals surface area contributed by atoms with E-state index in [1.54, 1.807) is 6.07 Å². The highest BCUT2D eigenvalue weighted by Gasteiger charge is 2.36. The van der Waals surface area contributed by atoms with Gasteiger partial charge >= 0.3 is 5.97 Å². The lowest BCUT2D eigenvalue weighted by atomic mass is 10.2. The molecule has 0 aliphatic rings. The predicted octanol–water partition coefficient (Wildman–Crippen LogP) is 4.89. The van der Waals surface area contributed by atoms with Crippen LogP contribution in [0.3, 0.4) is 0 Å². The number of pyridine rings is 1. The molecule has 7 heteroatoms. The summed E-state index contributed by atoms with van der Waals surface area (Å²) in [6.07, 6.45) is 2.78. The monoisotopic (exact) mass is 382 g/mol. The minimum Gasteiger partial charge on any atom is -0.465 e. The van der Waals surface area contributed by atoms with Gasteiger partial charge in [-0.25, -0.2) is 9.78 Å². The fourth-order valence-electron chi connectivity index (χ4n) is 2.41. The van der Waals surface area contributed by atoms with Gasteiger partial charge in [0.2, 0.25) is 0 Å². The first-order valence-electron chi connectivity index (χ1n) is 8.44. The number of carbonyl (C=O) groups excluding carboxylic acids is 1. The summed E-state index contributed by atoms with van der Waals surface area (Å²) in [5.74, 6) is -0.410. The molecule has 0 unspecified atom stereocenters. The zero-order chi connectivity index (χ0) is 18.8. The number of hydrogen-bond donors (Lipinski definition) is 0. The van der Waals surface area contributed by atoms with Gasteiger partial charge in [0.05, 0.1) is 23.7 Å². The summed E-state index contributed by atoms with van der Waals surface area (Å²) in [5, 5.41) is 0.484. The van der Waals surface area contributed by atoms with Gasteiger partial charge in [0.1, 0.15) is 5.15 Å². The van der Waals surface area contributed by atoms with E-state index < -0.39 is 14.3 Å². The molecule has 0 aliphatic carbocycles. The highest BCUT2D eigenvalue weighted by atomic mass is 35.5. The van der Waals surface area contributed by atoms with Gasteiger partial charge in [-0.2, -0.15) is 0 Å². The Kier molecular flexibility index (Phi) is 5.96. The molecule has 0 radical (unpaired) electrons. The standard InChI is InChI=1S/C18H27ClN2O3Si/c1-18(2,3)25(5,6)24-11-7-9-21-10-8-14-16(21)13(17(22)23-4)12-15(19)20-14/h8,10,12H,7,9,11H2,1-6H3. The second-order valence-electron chi connectivity index (χ2n) is 7.69. The van der Waals surface area contributed by atoms with Gasteiger partial charge in [-0.1, -0.05) is 32.4 Å². The van der Waals surface area contributed by atoms with Gasteiger partial charge in [-0.3, -0.25) is 0 Å². The molecule has 2 heterocycles. The van der Waals surface area contributed by atoms with Crippen LogP contribution in [-0.4, -0.2) is 37.6 Å². The fraction of sp³-hybridized carbons (Fsp3) is 0.556. The zero-order valence-corrected chi connectivity index (χ0v) is 17.6. The molecule has 5 nitrogen and oxygen atoms in total. The van der Waals surface area contributed by atoms with Crippen LogP contribution in [0.2, 0.25) is 23.3 Å². The van der Waals surface area contributed by atoms with Crippen LogP contribution in [0.4, 0.5) is 0 Å². The molecule has 0 saturated carbocycles. The maximum Gasteiger partial charge on any atom is 0.340 e. The molecule has 0 spiro atoms. The lowest BCUT2D eigenvalue weighted by molar-refractivity contribution is 0.0602. The van der Waals surface area contributed by atoms with Crippen LogP contribution in [0.15, 0.2) is 18.3 Å². The summed E-state index contributed by atoms with van der Waals surface area (Å²) < 4.78 is 13.1. The lowest BCUT2D eigenvalue weighted by Gasteiger charge is -2.36. The Hall–Kier alpha value is -1.37. The Balaban J connectivity index is 2.13. The number of aryl methyl sites for hydroxylation is 1. The molecule has 138 valence electrons. The Bertz CT molecular complexity index is 766. The summed E-state index contributed by atoms with van der Waals surface area (Å²) >= 11 is 6.01. The third-order valence-corrected chi connectivity index (χ3v) is 9.64. The van der Waals surface area contributed by atoms with Crippen molar-refractivity contribution in [3.8, 4) is 0 Å². The predicted molar refractivity (Wildman–Crippen MR) is 104 cm³/mol. The largest absolute Gasteiger partial charge is 0.465 e. The van der Waals surface area contributed by atoms with Gasteiger partial charge in [-0.05, 0) is 36.7 Å². The number of rotatable bonds is 6. The van der Waals surface area contributed by atoms with Crippen molar-refractivity contribution in [3.05, 3.63) is 29.0 Å². The molecule has 2 rings (SSSR count). The maximum atomic E-state index is 12.1. The van der Waals surface area contributed by atoms with Crippen LogP contribution in [0.25, 0.3) is 11.0 Å². The number of ether oxygens (including phenoxy) is 1. The molecule has 0 N–H and O–H groups in total. The number of fused-ring (bicyclic) bond motifs is 1. The maximum absolute atomic E-state index is 12.1. The van der Waals surface area contributed by atoms with Crippen LogP contribution in [-0.2, 0) is 15.7 Å². The van der Waals surface area contributed by atoms with Crippen LogP contribution in [0, 0.1) is 0 Å². The van der Waals surface area contributed by atoms with Crippen molar-refractivity contribution in [1.82, 2.24) is 9.55 Å². The minimum absolute atomic E-state index is 0.200. The Morgan fingerprint density at radius 1 is 1.36 bits per heavy atom. The molecule has 0 aromatic carbocycles. The molecule has 0 aliphatic heterocycles. The van der Waals surface area contributed by atoms with Crippen molar-refractivity contribution in [2.24, 2.45) is 0 Å². The Morgan fingerprint density at radius 3 is 2.64 bits per heavy atom. The molecule has 25 heavy (non-hydrogen) atoms. The van der Waals surface area contributed by atoms with Crippen molar-refractivity contribution in [2.75, 3.05) is 13.7 Å². The van der Waals surface area contributed by atoms with Gasteiger partial charge in [-0.15, -0.1) is 0 Å². The van der Waals surface area contributed by atoms with E-state index in [1.165, 1.54) is 7.11 Å². The SMILES string of the molecule is COC(=O)c1cc(Cl)nc2ccn(CCCO[Si](C)(C)C(C)(C)C)c12. The normalized spacial score (nSPS) is 12.6. The van der Waals surface area contributed by atoms with Crippen LogP contribution < -0.4 is 0 Å². The molecular formula is C18H27ClN2O3Si. The number of nitrogens with zero attached hydrogens (tertiary/aromatic N) is 2. The molecule has 0 amide bonds. The highest BCUT2D eigenvalue weighted by molar-refractivity contribution is 6.74. The highest BCUT2D eigenvalue weighted by Crippen LogP contribution is 2.36. The van der Waals surface area contributed by atoms with E-state index in [0.29, 0.717) is 17.7 Å². The molecular weight excluding hydrogens is 356 g/mol. The number of esters is 1. The molecule has 0 saturated heterocycles. The van der Waals surface area contributed by atoms with Crippen molar-refractivity contribution in [2.45, 2.75) is 51.9 Å². The quantitative estimate of drug-likeness (QED) is 0.309. The summed E-state index contributed by atoms with van der Waals surface area (Å²) in [6, 6.07) is 3.42. The first-order chi connectivity index (χ1) is 11.6. The number of methoxy groups -OCH3 is 1. The topological polar surface area (TPSA) is 53.3 Å². The van der Waals surface area contributed by atoms with Gasteiger partial charge in [0.15, 0.2) is 8.32 Å². The lowest BCUT2D eigenvalue weighted by Crippen LogP contribution is -2.41. The van der Waals surface area contributed by atoms with E-state index in [0.717, 1.165) is 18.5 Å². The van der Waals surface area contributed by atoms with E-state index >= 15 is 0 Å². The molecule has 2 aromatic rings. The smallest absolute Gasteiger partial charge is 0.340 e. The summed E-state index contributed by atoms with van der Waals surface area (Å²) in [7, 11) is -0.372. The van der Waals surface area contributed by atoms with Gasteiger partial charge in [0, 0.05) is 19.3 Å². The van der Waals surface area contributed by atoms with Crippen molar-refractivity contribution < 1.29 is 14.0 Å². The van der Waals surface area contributed by atoms with E-state index in [4.69, 9.17) is 20.8 Å². The summed E-state index contributed by atoms with van der Waals surface area (Å²) in [6.45, 7) is 12.6. The van der Waals surface area contributed by atoms with Crippen molar-refractivity contribution >= 4 is 36.9 Å². The van der Waals surface area contributed by atoms with Crippen LogP contribution in [0.1, 0.15) is 37.6 Å². The summed E-state index contributed by atoms with van der Waals surface area (Å²) in [5.41, 5.74) is 1.88. The minimum atomic E-state index is -1.74. The number of hydrogen-bond acceptors (Lipinski definition) is 4. The molecule has 2 aromatic heterocycles. The third kappa shape index (κ3) is 4.43. The number of aromatic nitrogens is 2. The zero-order valence-electron chi connectivity index (χ0n) is 15.9. The molecule has 0 fully saturated rings. The fourth-order valence-corrected chi connectivity index (χ4v) is 3.70. The molecule has 0 atom stereocenters. The van der Waals surface area contributed by atoms with E-state index in [2.05, 4.69) is 38.8 Å². The summed E-state index contributed by atoms with van der Waals surface area (Å²) in [4.78, 5) is 16.3. The van der Waals surface area contributed by atoms with E-state index in [1.807, 2.05) is 16.8 Å². The third-order valence-electron chi connectivity index (χ3n) is 4.91. The number of halogens is 1. The van der Waals surface area contributed by atoms with Crippen LogP contribution >= 0.6 is 11.6 Å². The molecule has 0 bridgehead atoms. The second kappa shape index (κ2) is 7.48. The number of carbonyl (C=O) groups is 1. The van der Waals surface area contributed by atoms with E-state index in [-0.39, 0.29) is 10.2 Å². The van der Waals surface area contributed by atoms with Crippen molar-refractivity contribution in [1.29, 1.82) is 0 Å². The second-order valence-corrected chi connectivity index (χ2v) is 12.9. The van der Waals surface area contributed by atoms with Gasteiger partial charge in [0.25, 0.3) is 0 Å². The first-order valence-corrected chi connectivity index (χ1v) is 11.7. The van der Waals surface area contributed by atoms with Crippen molar-refractivity contribution in [3.63, 3.8) is 0 Å². The average molecular weight is 383 g/mol. The average Bonchev–Trinajstić information content (AvgIpc) is 2.91. The Morgan fingerprint density at radius 2 is 2.04 bits per heavy atom. The van der Waals surface area contributed by atoms with Crippen LogP contribution in [0.5, 0.6) is 0 Å². The van der Waals surface area contributed by atoms with E-state index in [9.17, 15) is 4.79 Å².